The van der Waals surface area contributed by atoms with Crippen molar-refractivity contribution in [2.75, 3.05) is 26.2 Å². The van der Waals surface area contributed by atoms with E-state index in [4.69, 9.17) is 0 Å². The van der Waals surface area contributed by atoms with Crippen LogP contribution in [0, 0.1) is 18.8 Å². The second-order valence-corrected chi connectivity index (χ2v) is 8.76. The summed E-state index contributed by atoms with van der Waals surface area (Å²) < 4.78 is 1.84. The number of carbonyl (C=O) groups is 2. The molecule has 2 amide bonds. The Morgan fingerprint density at radius 1 is 1.11 bits per heavy atom. The molecule has 1 aromatic heterocycles. The highest BCUT2D eigenvalue weighted by Crippen LogP contribution is 2.32. The normalized spacial score (nSPS) is 24.4. The summed E-state index contributed by atoms with van der Waals surface area (Å²) in [5.41, 5.74) is 2.18. The molecule has 3 fully saturated rings. The third-order valence-corrected chi connectivity index (χ3v) is 6.83. The Labute approximate surface area is 167 Å². The van der Waals surface area contributed by atoms with Gasteiger partial charge in [-0.1, -0.05) is 0 Å². The predicted octanol–water partition coefficient (Wildman–Crippen LogP) is 1.46. The van der Waals surface area contributed by atoms with Gasteiger partial charge in [0.1, 0.15) is 0 Å². The minimum absolute atomic E-state index is 0.0665. The van der Waals surface area contributed by atoms with Crippen LogP contribution < -0.4 is 5.32 Å². The largest absolute Gasteiger partial charge is 0.352 e. The Morgan fingerprint density at radius 2 is 1.86 bits per heavy atom. The second kappa shape index (κ2) is 8.23. The Kier molecular flexibility index (Phi) is 5.71. The Balaban J connectivity index is 1.25. The molecule has 1 aliphatic carbocycles. The molecule has 7 nitrogen and oxygen atoms in total. The fourth-order valence-corrected chi connectivity index (χ4v) is 4.64. The molecule has 0 bridgehead atoms. The van der Waals surface area contributed by atoms with Crippen LogP contribution in [0.1, 0.15) is 49.8 Å². The van der Waals surface area contributed by atoms with E-state index in [2.05, 4.69) is 20.2 Å². The van der Waals surface area contributed by atoms with Crippen molar-refractivity contribution in [2.24, 2.45) is 18.9 Å². The van der Waals surface area contributed by atoms with Crippen LogP contribution in [0.2, 0.25) is 0 Å². The van der Waals surface area contributed by atoms with E-state index in [1.54, 1.807) is 0 Å². The summed E-state index contributed by atoms with van der Waals surface area (Å²) in [5, 5.41) is 7.36. The minimum Gasteiger partial charge on any atom is -0.352 e. The molecule has 2 saturated heterocycles. The maximum absolute atomic E-state index is 12.7. The van der Waals surface area contributed by atoms with Gasteiger partial charge in [0, 0.05) is 56.4 Å². The molecule has 1 atom stereocenters. The summed E-state index contributed by atoms with van der Waals surface area (Å²) in [6.07, 6.45) is 8.13. The summed E-state index contributed by atoms with van der Waals surface area (Å²) in [4.78, 5) is 29.5. The van der Waals surface area contributed by atoms with Gasteiger partial charge in [-0.05, 0) is 52.0 Å². The smallest absolute Gasteiger partial charge is 0.225 e. The van der Waals surface area contributed by atoms with Gasteiger partial charge in [-0.3, -0.25) is 19.2 Å². The zero-order valence-electron chi connectivity index (χ0n) is 17.2. The van der Waals surface area contributed by atoms with Gasteiger partial charge in [0.15, 0.2) is 0 Å². The van der Waals surface area contributed by atoms with Crippen LogP contribution in [-0.4, -0.2) is 63.6 Å². The Hall–Kier alpha value is -1.89. The highest BCUT2D eigenvalue weighted by Gasteiger charge is 2.37. The lowest BCUT2D eigenvalue weighted by Gasteiger charge is -2.42. The lowest BCUT2D eigenvalue weighted by Crippen LogP contribution is -2.51. The zero-order valence-corrected chi connectivity index (χ0v) is 17.2. The van der Waals surface area contributed by atoms with E-state index in [1.807, 2.05) is 24.9 Å². The molecule has 7 heteroatoms. The standard InChI is InChI=1S/C21H33N5O2/c1-15-18(13-23-24(15)2)12-22-20(27)17-4-3-9-26(14-17)19-7-10-25(11-8-19)21(28)16-5-6-16/h13,16-17,19H,3-12,14H2,1-2H3,(H,22,27)/t17-/m0/s1. The van der Waals surface area contributed by atoms with Gasteiger partial charge in [-0.15, -0.1) is 0 Å². The fourth-order valence-electron chi connectivity index (χ4n) is 4.64. The van der Waals surface area contributed by atoms with Crippen molar-refractivity contribution in [3.8, 4) is 0 Å². The predicted molar refractivity (Wildman–Crippen MR) is 106 cm³/mol. The third kappa shape index (κ3) is 4.24. The molecule has 1 N–H and O–H groups in total. The van der Waals surface area contributed by atoms with Gasteiger partial charge >= 0.3 is 0 Å². The second-order valence-electron chi connectivity index (χ2n) is 8.76. The first-order valence-electron chi connectivity index (χ1n) is 10.8. The number of rotatable bonds is 5. The van der Waals surface area contributed by atoms with Crippen molar-refractivity contribution in [3.63, 3.8) is 0 Å². The fraction of sp³-hybridized carbons (Fsp3) is 0.762. The molecular formula is C21H33N5O2. The molecule has 0 aromatic carbocycles. The van der Waals surface area contributed by atoms with E-state index >= 15 is 0 Å². The number of aryl methyl sites for hydroxylation is 1. The minimum atomic E-state index is 0.0665. The summed E-state index contributed by atoms with van der Waals surface area (Å²) in [6.45, 7) is 6.26. The molecule has 1 aromatic rings. The van der Waals surface area contributed by atoms with Crippen LogP contribution in [0.15, 0.2) is 6.20 Å². The molecule has 1 saturated carbocycles. The monoisotopic (exact) mass is 387 g/mol. The van der Waals surface area contributed by atoms with Crippen LogP contribution in [0.4, 0.5) is 0 Å². The number of nitrogens with zero attached hydrogens (tertiary/aromatic N) is 4. The van der Waals surface area contributed by atoms with E-state index in [0.29, 0.717) is 24.4 Å². The summed E-state index contributed by atoms with van der Waals surface area (Å²) >= 11 is 0. The summed E-state index contributed by atoms with van der Waals surface area (Å²) in [5.74, 6) is 0.925. The zero-order chi connectivity index (χ0) is 19.7. The van der Waals surface area contributed by atoms with Gasteiger partial charge in [0.05, 0.1) is 12.1 Å². The molecule has 154 valence electrons. The number of carbonyl (C=O) groups excluding carboxylic acids is 2. The van der Waals surface area contributed by atoms with Crippen molar-refractivity contribution in [1.82, 2.24) is 24.9 Å². The lowest BCUT2D eigenvalue weighted by molar-refractivity contribution is -0.134. The average Bonchev–Trinajstić information content (AvgIpc) is 3.53. The lowest BCUT2D eigenvalue weighted by atomic mass is 9.93. The van der Waals surface area contributed by atoms with Crippen molar-refractivity contribution >= 4 is 11.8 Å². The number of amides is 2. The average molecular weight is 388 g/mol. The topological polar surface area (TPSA) is 70.5 Å². The van der Waals surface area contributed by atoms with Crippen LogP contribution in [-0.2, 0) is 23.2 Å². The number of hydrogen-bond donors (Lipinski definition) is 1. The van der Waals surface area contributed by atoms with Gasteiger partial charge in [-0.2, -0.15) is 5.10 Å². The molecule has 3 heterocycles. The first-order chi connectivity index (χ1) is 13.5. The molecular weight excluding hydrogens is 354 g/mol. The van der Waals surface area contributed by atoms with Crippen LogP contribution in [0.25, 0.3) is 0 Å². The summed E-state index contributed by atoms with van der Waals surface area (Å²) in [7, 11) is 1.92. The number of likely N-dealkylation sites (tertiary alicyclic amines) is 2. The third-order valence-electron chi connectivity index (χ3n) is 6.83. The molecule has 2 aliphatic heterocycles. The van der Waals surface area contributed by atoms with E-state index in [1.165, 1.54) is 0 Å². The highest BCUT2D eigenvalue weighted by molar-refractivity contribution is 5.81. The van der Waals surface area contributed by atoms with Crippen LogP contribution in [0.3, 0.4) is 0 Å². The molecule has 0 unspecified atom stereocenters. The van der Waals surface area contributed by atoms with Gasteiger partial charge in [-0.25, -0.2) is 0 Å². The van der Waals surface area contributed by atoms with Crippen molar-refractivity contribution in [3.05, 3.63) is 17.5 Å². The number of piperidine rings is 2. The Morgan fingerprint density at radius 3 is 2.50 bits per heavy atom. The maximum Gasteiger partial charge on any atom is 0.225 e. The van der Waals surface area contributed by atoms with Gasteiger partial charge < -0.3 is 10.2 Å². The number of nitrogens with one attached hydrogen (secondary N) is 1. The summed E-state index contributed by atoms with van der Waals surface area (Å²) in [6, 6.07) is 0.513. The molecule has 0 radical (unpaired) electrons. The van der Waals surface area contributed by atoms with Gasteiger partial charge in [0.2, 0.25) is 11.8 Å². The highest BCUT2D eigenvalue weighted by atomic mass is 16.2. The van der Waals surface area contributed by atoms with E-state index < -0.39 is 0 Å². The number of aromatic nitrogens is 2. The SMILES string of the molecule is Cc1c(CNC(=O)[C@H]2CCCN(C3CCN(C(=O)C4CC4)CC3)C2)cnn1C. The number of hydrogen-bond acceptors (Lipinski definition) is 4. The van der Waals surface area contributed by atoms with E-state index in [-0.39, 0.29) is 11.8 Å². The van der Waals surface area contributed by atoms with Crippen LogP contribution in [0.5, 0.6) is 0 Å². The van der Waals surface area contributed by atoms with E-state index in [9.17, 15) is 9.59 Å². The molecule has 3 aliphatic rings. The molecule has 28 heavy (non-hydrogen) atoms. The molecule has 4 rings (SSSR count). The van der Waals surface area contributed by atoms with Crippen molar-refractivity contribution < 1.29 is 9.59 Å². The van der Waals surface area contributed by atoms with Crippen LogP contribution >= 0.6 is 0 Å². The van der Waals surface area contributed by atoms with E-state index in [0.717, 1.165) is 76.0 Å². The maximum atomic E-state index is 12.7. The molecule has 0 spiro atoms. The first kappa shape index (κ1) is 19.4. The van der Waals surface area contributed by atoms with Gasteiger partial charge in [0.25, 0.3) is 0 Å². The quantitative estimate of drug-likeness (QED) is 0.830. The Bertz CT molecular complexity index is 718. The first-order valence-corrected chi connectivity index (χ1v) is 10.8. The van der Waals surface area contributed by atoms with Crippen molar-refractivity contribution in [2.45, 2.75) is 58.0 Å². The van der Waals surface area contributed by atoms with Crippen molar-refractivity contribution in [1.29, 1.82) is 0 Å².